The van der Waals surface area contributed by atoms with Crippen molar-refractivity contribution in [2.75, 3.05) is 65.8 Å². The van der Waals surface area contributed by atoms with Crippen LogP contribution in [-0.4, -0.2) is 111 Å². The molecule has 0 unspecified atom stereocenters. The minimum atomic E-state index is -0.248. The number of nitrogens with one attached hydrogen (secondary N) is 2. The lowest BCUT2D eigenvalue weighted by atomic mass is 10.3. The predicted molar refractivity (Wildman–Crippen MR) is 120 cm³/mol. The third-order valence-corrected chi connectivity index (χ3v) is 5.32. The number of carbonyl (C=O) groups is 6. The van der Waals surface area contributed by atoms with Crippen molar-refractivity contribution < 1.29 is 43.0 Å². The van der Waals surface area contributed by atoms with E-state index in [1.165, 1.54) is 0 Å². The fourth-order valence-corrected chi connectivity index (χ4v) is 3.42. The molecule has 196 valence electrons. The molecule has 6 amide bonds. The van der Waals surface area contributed by atoms with Crippen molar-refractivity contribution in [1.82, 2.24) is 20.4 Å². The van der Waals surface area contributed by atoms with E-state index in [0.717, 1.165) is 9.80 Å². The van der Waals surface area contributed by atoms with Gasteiger partial charge >= 0.3 is 0 Å². The molecule has 2 heterocycles. The molecule has 0 saturated carbocycles. The minimum Gasteiger partial charge on any atom is -0.377 e. The first kappa shape index (κ1) is 28.3. The Morgan fingerprint density at radius 1 is 0.571 bits per heavy atom. The van der Waals surface area contributed by atoms with Crippen LogP contribution in [0.5, 0.6) is 0 Å². The van der Waals surface area contributed by atoms with Crippen molar-refractivity contribution in [1.29, 1.82) is 0 Å². The van der Waals surface area contributed by atoms with Gasteiger partial charge in [-0.3, -0.25) is 38.6 Å². The molecule has 0 bridgehead atoms. The maximum absolute atomic E-state index is 11.7. The molecular formula is C22H34N4O9. The smallest absolute Gasteiger partial charge is 0.229 e. The van der Waals surface area contributed by atoms with Crippen LogP contribution in [-0.2, 0) is 43.0 Å². The highest BCUT2D eigenvalue weighted by atomic mass is 16.5. The fraction of sp³-hybridized carbons (Fsp3) is 0.727. The van der Waals surface area contributed by atoms with Crippen molar-refractivity contribution in [3.63, 3.8) is 0 Å². The number of ether oxygens (including phenoxy) is 3. The van der Waals surface area contributed by atoms with Gasteiger partial charge in [0.15, 0.2) is 0 Å². The molecule has 0 radical (unpaired) electrons. The average molecular weight is 499 g/mol. The molecule has 13 heteroatoms. The standard InChI is InChI=1S/C22H34N4O9/c27-17(5-9-25-19(29)1-2-20(25)30)23-7-11-33-13-15-35-16-14-34-12-8-24-18(28)6-10-26-21(31)3-4-22(26)32/h1-16H2,(H,23,27)(H,24,28). The number of imide groups is 2. The van der Waals surface area contributed by atoms with Crippen molar-refractivity contribution in [2.45, 2.75) is 38.5 Å². The first-order valence-electron chi connectivity index (χ1n) is 11.8. The Labute approximate surface area is 203 Å². The van der Waals surface area contributed by atoms with Gasteiger partial charge in [0.25, 0.3) is 0 Å². The van der Waals surface area contributed by atoms with Gasteiger partial charge in [0.1, 0.15) is 0 Å². The molecule has 0 aromatic rings. The van der Waals surface area contributed by atoms with Gasteiger partial charge in [-0.1, -0.05) is 0 Å². The highest BCUT2D eigenvalue weighted by Crippen LogP contribution is 2.12. The summed E-state index contributed by atoms with van der Waals surface area (Å²) < 4.78 is 16.1. The van der Waals surface area contributed by atoms with Gasteiger partial charge in [0.2, 0.25) is 35.4 Å². The zero-order valence-electron chi connectivity index (χ0n) is 19.9. The van der Waals surface area contributed by atoms with Gasteiger partial charge in [-0.15, -0.1) is 0 Å². The van der Waals surface area contributed by atoms with Gasteiger partial charge in [-0.25, -0.2) is 0 Å². The number of rotatable bonds is 18. The van der Waals surface area contributed by atoms with E-state index in [2.05, 4.69) is 10.6 Å². The van der Waals surface area contributed by atoms with Crippen LogP contribution in [0.2, 0.25) is 0 Å². The SMILES string of the molecule is O=C(CCN1C(=O)CCC1=O)NCCOCCOCCOCCNC(=O)CCN1C(=O)CCC1=O. The van der Waals surface area contributed by atoms with Crippen molar-refractivity contribution in [3.8, 4) is 0 Å². The minimum absolute atomic E-state index is 0.0743. The Kier molecular flexibility index (Phi) is 12.9. The zero-order chi connectivity index (χ0) is 25.5. The second-order valence-electron chi connectivity index (χ2n) is 7.92. The number of hydrogen-bond acceptors (Lipinski definition) is 9. The molecule has 13 nitrogen and oxygen atoms in total. The summed E-state index contributed by atoms with van der Waals surface area (Å²) in [7, 11) is 0. The van der Waals surface area contributed by atoms with E-state index in [0.29, 0.717) is 52.7 Å². The van der Waals surface area contributed by atoms with Crippen LogP contribution in [0, 0.1) is 0 Å². The normalized spacial score (nSPS) is 15.9. The first-order valence-corrected chi connectivity index (χ1v) is 11.8. The molecule has 0 aliphatic carbocycles. The largest absolute Gasteiger partial charge is 0.377 e. The number of likely N-dealkylation sites (tertiary alicyclic amines) is 2. The highest BCUT2D eigenvalue weighted by molar-refractivity contribution is 6.02. The Morgan fingerprint density at radius 2 is 0.886 bits per heavy atom. The first-order chi connectivity index (χ1) is 16.9. The summed E-state index contributed by atoms with van der Waals surface area (Å²) >= 11 is 0. The van der Waals surface area contributed by atoms with Crippen LogP contribution in [0.3, 0.4) is 0 Å². The molecule has 35 heavy (non-hydrogen) atoms. The highest BCUT2D eigenvalue weighted by Gasteiger charge is 2.29. The molecule has 2 aliphatic rings. The van der Waals surface area contributed by atoms with Crippen LogP contribution in [0.25, 0.3) is 0 Å². The summed E-state index contributed by atoms with van der Waals surface area (Å²) in [6.45, 7) is 2.91. The Hall–Kier alpha value is -2.90. The number of carbonyl (C=O) groups excluding carboxylic acids is 6. The number of nitrogens with zero attached hydrogens (tertiary/aromatic N) is 2. The lowest BCUT2D eigenvalue weighted by molar-refractivity contribution is -0.140. The van der Waals surface area contributed by atoms with Crippen molar-refractivity contribution >= 4 is 35.4 Å². The van der Waals surface area contributed by atoms with Gasteiger partial charge in [0, 0.05) is 64.7 Å². The number of amides is 6. The van der Waals surface area contributed by atoms with Gasteiger partial charge in [-0.05, 0) is 0 Å². The topological polar surface area (TPSA) is 161 Å². The quantitative estimate of drug-likeness (QED) is 0.167. The molecule has 2 N–H and O–H groups in total. The molecular weight excluding hydrogens is 464 g/mol. The second kappa shape index (κ2) is 15.9. The van der Waals surface area contributed by atoms with E-state index in [1.807, 2.05) is 0 Å². The molecule has 0 aromatic heterocycles. The Bertz CT molecular complexity index is 680. The van der Waals surface area contributed by atoms with Crippen molar-refractivity contribution in [3.05, 3.63) is 0 Å². The molecule has 2 rings (SSSR count). The van der Waals surface area contributed by atoms with Crippen LogP contribution in [0.15, 0.2) is 0 Å². The Morgan fingerprint density at radius 3 is 1.23 bits per heavy atom. The zero-order valence-corrected chi connectivity index (χ0v) is 19.9. The van der Waals surface area contributed by atoms with Crippen LogP contribution >= 0.6 is 0 Å². The maximum Gasteiger partial charge on any atom is 0.229 e. The van der Waals surface area contributed by atoms with Gasteiger partial charge in [0.05, 0.1) is 39.6 Å². The van der Waals surface area contributed by atoms with Gasteiger partial charge < -0.3 is 24.8 Å². The van der Waals surface area contributed by atoms with E-state index < -0.39 is 0 Å². The average Bonchev–Trinajstić information content (AvgIpc) is 3.33. The summed E-state index contributed by atoms with van der Waals surface area (Å²) in [6.07, 6.45) is 1.02. The fourth-order valence-electron chi connectivity index (χ4n) is 3.42. The Balaban J connectivity index is 1.31. The van der Waals surface area contributed by atoms with E-state index in [4.69, 9.17) is 14.2 Å². The predicted octanol–water partition coefficient (Wildman–Crippen LogP) is -1.65. The molecule has 2 saturated heterocycles. The summed E-state index contributed by atoms with van der Waals surface area (Å²) in [5, 5.41) is 5.33. The summed E-state index contributed by atoms with van der Waals surface area (Å²) in [5.74, 6) is -1.42. The van der Waals surface area contributed by atoms with E-state index in [-0.39, 0.29) is 87.1 Å². The van der Waals surface area contributed by atoms with E-state index >= 15 is 0 Å². The number of hydrogen-bond donors (Lipinski definition) is 2. The summed E-state index contributed by atoms with van der Waals surface area (Å²) in [5.41, 5.74) is 0. The second-order valence-corrected chi connectivity index (χ2v) is 7.92. The third-order valence-electron chi connectivity index (χ3n) is 5.32. The summed E-state index contributed by atoms with van der Waals surface area (Å²) in [4.78, 5) is 71.6. The van der Waals surface area contributed by atoms with Gasteiger partial charge in [-0.2, -0.15) is 0 Å². The van der Waals surface area contributed by atoms with Crippen molar-refractivity contribution in [2.24, 2.45) is 0 Å². The monoisotopic (exact) mass is 498 g/mol. The van der Waals surface area contributed by atoms with Crippen LogP contribution < -0.4 is 10.6 Å². The summed E-state index contributed by atoms with van der Waals surface area (Å²) in [6, 6.07) is 0. The van der Waals surface area contributed by atoms with E-state index in [1.54, 1.807) is 0 Å². The molecule has 0 aromatic carbocycles. The van der Waals surface area contributed by atoms with Crippen LogP contribution in [0.4, 0.5) is 0 Å². The van der Waals surface area contributed by atoms with E-state index in [9.17, 15) is 28.8 Å². The lowest BCUT2D eigenvalue weighted by Gasteiger charge is -2.13. The molecule has 0 atom stereocenters. The maximum atomic E-state index is 11.7. The molecule has 0 spiro atoms. The molecule has 2 fully saturated rings. The van der Waals surface area contributed by atoms with Crippen LogP contribution in [0.1, 0.15) is 38.5 Å². The third kappa shape index (κ3) is 10.9. The lowest BCUT2D eigenvalue weighted by Crippen LogP contribution is -2.35. The molecule has 2 aliphatic heterocycles.